The number of carbonyl (C=O) groups is 2. The van der Waals surface area contributed by atoms with Crippen molar-refractivity contribution < 1.29 is 19.4 Å². The van der Waals surface area contributed by atoms with E-state index in [9.17, 15) is 14.7 Å². The number of benzene rings is 1. The summed E-state index contributed by atoms with van der Waals surface area (Å²) in [7, 11) is 1.50. The van der Waals surface area contributed by atoms with Crippen LogP contribution in [0, 0.1) is 0 Å². The summed E-state index contributed by atoms with van der Waals surface area (Å²) in [5.74, 6) is -0.912. The van der Waals surface area contributed by atoms with E-state index in [0.717, 1.165) is 25.7 Å². The van der Waals surface area contributed by atoms with Gasteiger partial charge in [0.05, 0.1) is 18.6 Å². The highest BCUT2D eigenvalue weighted by atomic mass is 35.5. The SMILES string of the molecule is CCCCCCNC(CC(=O)Nc1ccc(OC)c(Cl)c1)C(=O)O. The van der Waals surface area contributed by atoms with Gasteiger partial charge in [-0.3, -0.25) is 9.59 Å². The zero-order valence-electron chi connectivity index (χ0n) is 14.1. The number of hydrogen-bond donors (Lipinski definition) is 3. The van der Waals surface area contributed by atoms with E-state index in [1.807, 2.05) is 0 Å². The van der Waals surface area contributed by atoms with Crippen molar-refractivity contribution in [3.63, 3.8) is 0 Å². The van der Waals surface area contributed by atoms with Crippen LogP contribution >= 0.6 is 11.6 Å². The number of unbranched alkanes of at least 4 members (excludes halogenated alkanes) is 3. The van der Waals surface area contributed by atoms with Crippen LogP contribution in [0.5, 0.6) is 5.75 Å². The van der Waals surface area contributed by atoms with E-state index in [1.165, 1.54) is 7.11 Å². The molecule has 0 aliphatic carbocycles. The first-order valence-corrected chi connectivity index (χ1v) is 8.45. The molecule has 1 aromatic rings. The maximum atomic E-state index is 12.0. The Morgan fingerprint density at radius 2 is 2.04 bits per heavy atom. The van der Waals surface area contributed by atoms with Crippen molar-refractivity contribution in [3.8, 4) is 5.75 Å². The number of rotatable bonds is 11. The predicted molar refractivity (Wildman–Crippen MR) is 94.8 cm³/mol. The van der Waals surface area contributed by atoms with Crippen LogP contribution in [0.4, 0.5) is 5.69 Å². The van der Waals surface area contributed by atoms with Crippen LogP contribution in [0.25, 0.3) is 0 Å². The molecule has 0 bridgehead atoms. The molecule has 1 unspecified atom stereocenters. The third-order valence-electron chi connectivity index (χ3n) is 3.54. The number of hydrogen-bond acceptors (Lipinski definition) is 4. The van der Waals surface area contributed by atoms with Gasteiger partial charge in [0.25, 0.3) is 0 Å². The molecule has 0 radical (unpaired) electrons. The first kappa shape index (κ1) is 20.3. The molecule has 1 rings (SSSR count). The minimum Gasteiger partial charge on any atom is -0.495 e. The second-order valence-electron chi connectivity index (χ2n) is 5.51. The second kappa shape index (κ2) is 10.9. The molecule has 6 nitrogen and oxygen atoms in total. The average Bonchev–Trinajstić information content (AvgIpc) is 2.53. The summed E-state index contributed by atoms with van der Waals surface area (Å²) in [5.41, 5.74) is 0.498. The minimum absolute atomic E-state index is 0.146. The fraction of sp³-hybridized carbons (Fsp3) is 0.529. The molecule has 0 saturated heterocycles. The summed E-state index contributed by atoms with van der Waals surface area (Å²) in [5, 5.41) is 15.2. The van der Waals surface area contributed by atoms with Gasteiger partial charge in [-0.2, -0.15) is 0 Å². The van der Waals surface area contributed by atoms with E-state index in [-0.39, 0.29) is 12.3 Å². The Hall–Kier alpha value is -1.79. The Morgan fingerprint density at radius 3 is 2.62 bits per heavy atom. The number of carboxylic acid groups (broad SMARTS) is 1. The molecule has 1 amide bonds. The molecule has 24 heavy (non-hydrogen) atoms. The summed E-state index contributed by atoms with van der Waals surface area (Å²) in [6.45, 7) is 2.70. The average molecular weight is 357 g/mol. The van der Waals surface area contributed by atoms with Crippen LogP contribution in [0.1, 0.15) is 39.0 Å². The van der Waals surface area contributed by atoms with Gasteiger partial charge in [0, 0.05) is 5.69 Å². The maximum Gasteiger partial charge on any atom is 0.321 e. The molecule has 7 heteroatoms. The molecule has 134 valence electrons. The highest BCUT2D eigenvalue weighted by molar-refractivity contribution is 6.32. The zero-order chi connectivity index (χ0) is 17.9. The lowest BCUT2D eigenvalue weighted by Gasteiger charge is -2.14. The maximum absolute atomic E-state index is 12.0. The Morgan fingerprint density at radius 1 is 1.29 bits per heavy atom. The quantitative estimate of drug-likeness (QED) is 0.529. The number of nitrogens with one attached hydrogen (secondary N) is 2. The number of methoxy groups -OCH3 is 1. The highest BCUT2D eigenvalue weighted by Gasteiger charge is 2.20. The zero-order valence-corrected chi connectivity index (χ0v) is 14.9. The van der Waals surface area contributed by atoms with Gasteiger partial charge in [-0.1, -0.05) is 37.8 Å². The summed E-state index contributed by atoms with van der Waals surface area (Å²) in [4.78, 5) is 23.3. The number of aliphatic carboxylic acids is 1. The number of amides is 1. The fourth-order valence-electron chi connectivity index (χ4n) is 2.22. The minimum atomic E-state index is -1.03. The Bertz CT molecular complexity index is 551. The van der Waals surface area contributed by atoms with Crippen molar-refractivity contribution in [2.24, 2.45) is 0 Å². The van der Waals surface area contributed by atoms with Crippen LogP contribution in [-0.2, 0) is 9.59 Å². The summed E-state index contributed by atoms with van der Waals surface area (Å²) in [6.07, 6.45) is 4.04. The molecule has 0 spiro atoms. The Balaban J connectivity index is 2.50. The monoisotopic (exact) mass is 356 g/mol. The van der Waals surface area contributed by atoms with Crippen LogP contribution in [0.15, 0.2) is 18.2 Å². The first-order chi connectivity index (χ1) is 11.5. The number of carboxylic acids is 1. The number of carbonyl (C=O) groups excluding carboxylic acids is 1. The normalized spacial score (nSPS) is 11.8. The first-order valence-electron chi connectivity index (χ1n) is 8.07. The van der Waals surface area contributed by atoms with Gasteiger partial charge in [-0.25, -0.2) is 0 Å². The molecule has 0 saturated carbocycles. The van der Waals surface area contributed by atoms with Gasteiger partial charge in [-0.05, 0) is 31.2 Å². The Kier molecular flexibility index (Phi) is 9.19. The van der Waals surface area contributed by atoms with E-state index < -0.39 is 12.0 Å². The van der Waals surface area contributed by atoms with Gasteiger partial charge >= 0.3 is 5.97 Å². The van der Waals surface area contributed by atoms with Gasteiger partial charge in [0.1, 0.15) is 11.8 Å². The molecule has 3 N–H and O–H groups in total. The topological polar surface area (TPSA) is 87.7 Å². The van der Waals surface area contributed by atoms with Gasteiger partial charge in [-0.15, -0.1) is 0 Å². The van der Waals surface area contributed by atoms with E-state index in [2.05, 4.69) is 17.6 Å². The lowest BCUT2D eigenvalue weighted by atomic mass is 10.1. The predicted octanol–water partition coefficient (Wildman–Crippen LogP) is 3.30. The molecule has 0 aromatic heterocycles. The summed E-state index contributed by atoms with van der Waals surface area (Å²) >= 11 is 6.00. The largest absolute Gasteiger partial charge is 0.495 e. The third-order valence-corrected chi connectivity index (χ3v) is 3.84. The van der Waals surface area contributed by atoms with Crippen LogP contribution in [-0.4, -0.2) is 36.7 Å². The molecular formula is C17H25ClN2O4. The van der Waals surface area contributed by atoms with Gasteiger partial charge in [0.2, 0.25) is 5.91 Å². The van der Waals surface area contributed by atoms with Crippen molar-refractivity contribution >= 4 is 29.2 Å². The van der Waals surface area contributed by atoms with Crippen LogP contribution in [0.2, 0.25) is 5.02 Å². The molecule has 0 aliphatic heterocycles. The van der Waals surface area contributed by atoms with Crippen molar-refractivity contribution in [3.05, 3.63) is 23.2 Å². The van der Waals surface area contributed by atoms with Gasteiger partial charge in [0.15, 0.2) is 0 Å². The van der Waals surface area contributed by atoms with Crippen molar-refractivity contribution in [1.29, 1.82) is 0 Å². The number of anilines is 1. The van der Waals surface area contributed by atoms with Crippen molar-refractivity contribution in [2.45, 2.75) is 45.1 Å². The van der Waals surface area contributed by atoms with E-state index in [1.54, 1.807) is 18.2 Å². The summed E-state index contributed by atoms with van der Waals surface area (Å²) < 4.78 is 5.04. The Labute approximate surface area is 147 Å². The van der Waals surface area contributed by atoms with Gasteiger partial charge < -0.3 is 20.5 Å². The fourth-order valence-corrected chi connectivity index (χ4v) is 2.47. The number of ether oxygens (including phenoxy) is 1. The van der Waals surface area contributed by atoms with Crippen molar-refractivity contribution in [2.75, 3.05) is 19.0 Å². The smallest absolute Gasteiger partial charge is 0.321 e. The summed E-state index contributed by atoms with van der Waals surface area (Å²) in [6, 6.07) is 3.95. The van der Waals surface area contributed by atoms with Crippen LogP contribution in [0.3, 0.4) is 0 Å². The third kappa shape index (κ3) is 7.19. The van der Waals surface area contributed by atoms with Crippen LogP contribution < -0.4 is 15.4 Å². The lowest BCUT2D eigenvalue weighted by molar-refractivity contribution is -0.141. The molecule has 1 atom stereocenters. The van der Waals surface area contributed by atoms with Crippen molar-refractivity contribution in [1.82, 2.24) is 5.32 Å². The lowest BCUT2D eigenvalue weighted by Crippen LogP contribution is -2.40. The van der Waals surface area contributed by atoms with E-state index >= 15 is 0 Å². The van der Waals surface area contributed by atoms with E-state index in [4.69, 9.17) is 16.3 Å². The molecule has 1 aromatic carbocycles. The molecule has 0 fully saturated rings. The standard InChI is InChI=1S/C17H25ClN2O4/c1-3-4-5-6-9-19-14(17(22)23)11-16(21)20-12-7-8-15(24-2)13(18)10-12/h7-8,10,14,19H,3-6,9,11H2,1-2H3,(H,20,21)(H,22,23). The van der Waals surface area contributed by atoms with E-state index in [0.29, 0.717) is 23.0 Å². The second-order valence-corrected chi connectivity index (χ2v) is 5.91. The number of halogens is 1. The molecule has 0 aliphatic rings. The molecule has 0 heterocycles. The molecular weight excluding hydrogens is 332 g/mol. The highest BCUT2D eigenvalue weighted by Crippen LogP contribution is 2.27.